The van der Waals surface area contributed by atoms with E-state index in [1.165, 1.54) is 11.8 Å². The Morgan fingerprint density at radius 1 is 1.00 bits per heavy atom. The zero-order valence-electron chi connectivity index (χ0n) is 22.4. The molecule has 206 valence electrons. The summed E-state index contributed by atoms with van der Waals surface area (Å²) >= 11 is 1.53. The first kappa shape index (κ1) is 28.9. The number of furan rings is 1. The zero-order chi connectivity index (χ0) is 28.5. The third kappa shape index (κ3) is 7.28. The van der Waals surface area contributed by atoms with Crippen molar-refractivity contribution in [3.8, 4) is 22.5 Å². The zero-order valence-corrected chi connectivity index (χ0v) is 23.2. The summed E-state index contributed by atoms with van der Waals surface area (Å²) < 4.78 is 11.8. The highest BCUT2D eigenvalue weighted by molar-refractivity contribution is 7.98. The van der Waals surface area contributed by atoms with Crippen LogP contribution in [0.4, 0.5) is 0 Å². The highest BCUT2D eigenvalue weighted by Crippen LogP contribution is 2.29. The lowest BCUT2D eigenvalue weighted by Gasteiger charge is -2.17. The fourth-order valence-corrected chi connectivity index (χ4v) is 4.78. The van der Waals surface area contributed by atoms with Gasteiger partial charge in [-0.15, -0.1) is 0 Å². The van der Waals surface area contributed by atoms with Crippen molar-refractivity contribution in [1.29, 1.82) is 0 Å². The first-order valence-electron chi connectivity index (χ1n) is 12.8. The molecule has 0 saturated carbocycles. The van der Waals surface area contributed by atoms with Gasteiger partial charge in [0.15, 0.2) is 0 Å². The number of aliphatic carboxylic acids is 1. The van der Waals surface area contributed by atoms with Crippen LogP contribution in [0, 0.1) is 6.92 Å². The molecular formula is C32H31NO6S. The topological polar surface area (TPSA) is 106 Å². The number of hydrogen-bond acceptors (Lipinski definition) is 6. The van der Waals surface area contributed by atoms with Crippen LogP contribution in [-0.2, 0) is 22.7 Å². The van der Waals surface area contributed by atoms with E-state index in [9.17, 15) is 19.5 Å². The molecule has 0 bridgehead atoms. The van der Waals surface area contributed by atoms with Gasteiger partial charge in [-0.3, -0.25) is 9.59 Å². The Kier molecular flexibility index (Phi) is 9.94. The molecule has 0 radical (unpaired) electrons. The second-order valence-electron chi connectivity index (χ2n) is 9.34. The van der Waals surface area contributed by atoms with E-state index >= 15 is 0 Å². The molecule has 1 heterocycles. The summed E-state index contributed by atoms with van der Waals surface area (Å²) in [4.78, 5) is 35.9. The quantitative estimate of drug-likeness (QED) is 0.184. The molecule has 1 amide bonds. The van der Waals surface area contributed by atoms with Gasteiger partial charge in [-0.05, 0) is 71.9 Å². The van der Waals surface area contributed by atoms with E-state index in [-0.39, 0.29) is 13.2 Å². The summed E-state index contributed by atoms with van der Waals surface area (Å²) in [7, 11) is 0. The molecule has 8 heteroatoms. The van der Waals surface area contributed by atoms with Gasteiger partial charge in [0.1, 0.15) is 30.5 Å². The van der Waals surface area contributed by atoms with Gasteiger partial charge in [0.25, 0.3) is 5.91 Å². The summed E-state index contributed by atoms with van der Waals surface area (Å²) in [5, 5.41) is 12.3. The van der Waals surface area contributed by atoms with Crippen molar-refractivity contribution in [2.45, 2.75) is 32.6 Å². The molecular weight excluding hydrogens is 526 g/mol. The van der Waals surface area contributed by atoms with Crippen molar-refractivity contribution in [1.82, 2.24) is 5.32 Å². The molecule has 7 nitrogen and oxygen atoms in total. The number of amides is 1. The minimum absolute atomic E-state index is 0.254. The predicted molar refractivity (Wildman–Crippen MR) is 157 cm³/mol. The van der Waals surface area contributed by atoms with E-state index in [1.54, 1.807) is 18.2 Å². The summed E-state index contributed by atoms with van der Waals surface area (Å²) in [5.41, 5.74) is 5.34. The Balaban J connectivity index is 1.49. The lowest BCUT2D eigenvalue weighted by Crippen LogP contribution is -2.41. The molecule has 1 atom stereocenters. The standard InChI is InChI=1S/C32H31NO6S/c1-21-5-3-4-6-26(21)28-17-23(9-13-27(28)31(35)33-29(32(36)37)15-16-40-2)19-38-20-25-12-14-30(39-25)24-10-7-22(18-34)8-11-24/h3-14,17-18,29H,15-16,19-20H2,1-2H3,(H,33,35)(H,36,37). The number of carboxylic acids is 1. The first-order chi connectivity index (χ1) is 19.4. The van der Waals surface area contributed by atoms with Gasteiger partial charge in [0.2, 0.25) is 0 Å². The summed E-state index contributed by atoms with van der Waals surface area (Å²) in [6.07, 6.45) is 3.04. The Morgan fingerprint density at radius 2 is 1.77 bits per heavy atom. The smallest absolute Gasteiger partial charge is 0.326 e. The number of nitrogens with one attached hydrogen (secondary N) is 1. The molecule has 3 aromatic carbocycles. The number of hydrogen-bond donors (Lipinski definition) is 2. The van der Waals surface area contributed by atoms with Crippen molar-refractivity contribution >= 4 is 29.9 Å². The third-order valence-corrected chi connectivity index (χ3v) is 7.13. The normalized spacial score (nSPS) is 11.7. The average Bonchev–Trinajstić information content (AvgIpc) is 3.44. The molecule has 1 aromatic heterocycles. The third-order valence-electron chi connectivity index (χ3n) is 6.48. The maximum absolute atomic E-state index is 13.3. The number of benzene rings is 3. The lowest BCUT2D eigenvalue weighted by molar-refractivity contribution is -0.139. The molecule has 0 saturated heterocycles. The number of carboxylic acid groups (broad SMARTS) is 1. The molecule has 0 spiro atoms. The van der Waals surface area contributed by atoms with Gasteiger partial charge in [0.05, 0.1) is 6.61 Å². The van der Waals surface area contributed by atoms with Crippen LogP contribution in [-0.4, -0.2) is 41.3 Å². The molecule has 4 rings (SSSR count). The van der Waals surface area contributed by atoms with Crippen LogP contribution in [0.3, 0.4) is 0 Å². The first-order valence-corrected chi connectivity index (χ1v) is 14.2. The van der Waals surface area contributed by atoms with Crippen LogP contribution >= 0.6 is 11.8 Å². The highest BCUT2D eigenvalue weighted by atomic mass is 32.2. The molecule has 40 heavy (non-hydrogen) atoms. The number of aldehydes is 1. The van der Waals surface area contributed by atoms with Gasteiger partial charge < -0.3 is 19.6 Å². The largest absolute Gasteiger partial charge is 0.480 e. The summed E-state index contributed by atoms with van der Waals surface area (Å²) in [5.74, 6) is 0.495. The fraction of sp³-hybridized carbons (Fsp3) is 0.219. The van der Waals surface area contributed by atoms with Crippen LogP contribution < -0.4 is 5.32 Å². The van der Waals surface area contributed by atoms with Gasteiger partial charge in [-0.2, -0.15) is 11.8 Å². The number of carbonyl (C=O) groups excluding carboxylic acids is 2. The number of aryl methyl sites for hydroxylation is 1. The van der Waals surface area contributed by atoms with Crippen molar-refractivity contribution in [3.63, 3.8) is 0 Å². The second kappa shape index (κ2) is 13.8. The molecule has 0 aliphatic rings. The van der Waals surface area contributed by atoms with Crippen molar-refractivity contribution < 1.29 is 28.6 Å². The van der Waals surface area contributed by atoms with Crippen LogP contribution in [0.2, 0.25) is 0 Å². The number of ether oxygens (including phenoxy) is 1. The monoisotopic (exact) mass is 557 g/mol. The highest BCUT2D eigenvalue weighted by Gasteiger charge is 2.22. The molecule has 1 unspecified atom stereocenters. The summed E-state index contributed by atoms with van der Waals surface area (Å²) in [6, 6.07) is 23.1. The maximum atomic E-state index is 13.3. The molecule has 0 aliphatic carbocycles. The molecule has 2 N–H and O–H groups in total. The number of thioether (sulfide) groups is 1. The minimum Gasteiger partial charge on any atom is -0.480 e. The van der Waals surface area contributed by atoms with Crippen molar-refractivity contribution in [2.24, 2.45) is 0 Å². The van der Waals surface area contributed by atoms with Gasteiger partial charge >= 0.3 is 5.97 Å². The number of rotatable bonds is 13. The lowest BCUT2D eigenvalue weighted by atomic mass is 9.93. The number of carbonyl (C=O) groups is 3. The minimum atomic E-state index is -1.05. The van der Waals surface area contributed by atoms with Crippen molar-refractivity contribution in [2.75, 3.05) is 12.0 Å². The van der Waals surface area contributed by atoms with E-state index in [1.807, 2.05) is 73.8 Å². The van der Waals surface area contributed by atoms with Crippen LogP contribution in [0.25, 0.3) is 22.5 Å². The molecule has 0 aliphatic heterocycles. The second-order valence-corrected chi connectivity index (χ2v) is 10.3. The van der Waals surface area contributed by atoms with E-state index < -0.39 is 17.9 Å². The Bertz CT molecular complexity index is 1480. The van der Waals surface area contributed by atoms with Crippen LogP contribution in [0.15, 0.2) is 83.3 Å². The fourth-order valence-electron chi connectivity index (χ4n) is 4.31. The van der Waals surface area contributed by atoms with Gasteiger partial charge in [-0.25, -0.2) is 4.79 Å². The van der Waals surface area contributed by atoms with Gasteiger partial charge in [0, 0.05) is 16.7 Å². The van der Waals surface area contributed by atoms with Crippen LogP contribution in [0.5, 0.6) is 0 Å². The predicted octanol–water partition coefficient (Wildman–Crippen LogP) is 6.39. The van der Waals surface area contributed by atoms with E-state index in [0.717, 1.165) is 28.5 Å². The Morgan fingerprint density at radius 3 is 2.48 bits per heavy atom. The van der Waals surface area contributed by atoms with E-state index in [0.29, 0.717) is 40.4 Å². The van der Waals surface area contributed by atoms with Crippen LogP contribution in [0.1, 0.15) is 44.0 Å². The average molecular weight is 558 g/mol. The van der Waals surface area contributed by atoms with E-state index in [4.69, 9.17) is 9.15 Å². The maximum Gasteiger partial charge on any atom is 0.326 e. The van der Waals surface area contributed by atoms with Gasteiger partial charge in [-0.1, -0.05) is 54.6 Å². The Labute approximate surface area is 237 Å². The van der Waals surface area contributed by atoms with E-state index in [2.05, 4.69) is 5.32 Å². The molecule has 0 fully saturated rings. The van der Waals surface area contributed by atoms with Crippen molar-refractivity contribution in [3.05, 3.63) is 107 Å². The SMILES string of the molecule is CSCCC(NC(=O)c1ccc(COCc2ccc(-c3ccc(C=O)cc3)o2)cc1-c1ccccc1C)C(=O)O. The Hall–Kier alpha value is -4.14. The molecule has 4 aromatic rings. The summed E-state index contributed by atoms with van der Waals surface area (Å²) in [6.45, 7) is 2.51.